The first-order valence-electron chi connectivity index (χ1n) is 8.07. The second-order valence-electron chi connectivity index (χ2n) is 6.08. The third kappa shape index (κ3) is 2.50. The molecule has 0 spiro atoms. The van der Waals surface area contributed by atoms with Gasteiger partial charge in [-0.05, 0) is 37.0 Å². The monoisotopic (exact) mass is 305 g/mol. The molecule has 2 aromatic heterocycles. The molecule has 0 unspecified atom stereocenters. The van der Waals surface area contributed by atoms with E-state index in [1.807, 2.05) is 23.8 Å². The van der Waals surface area contributed by atoms with E-state index in [1.54, 1.807) is 12.3 Å². The summed E-state index contributed by atoms with van der Waals surface area (Å²) in [6.45, 7) is 2.85. The molecule has 1 aliphatic carbocycles. The Kier molecular flexibility index (Phi) is 3.37. The number of anilines is 1. The topological polar surface area (TPSA) is 46.9 Å². The molecule has 0 saturated carbocycles. The van der Waals surface area contributed by atoms with Gasteiger partial charge in [-0.2, -0.15) is 0 Å². The van der Waals surface area contributed by atoms with Crippen molar-refractivity contribution in [1.29, 1.82) is 0 Å². The highest BCUT2D eigenvalue weighted by Crippen LogP contribution is 2.25. The van der Waals surface area contributed by atoms with Crippen molar-refractivity contribution in [3.05, 3.63) is 70.1 Å². The van der Waals surface area contributed by atoms with Crippen LogP contribution in [-0.2, 0) is 19.4 Å². The predicted molar refractivity (Wildman–Crippen MR) is 92.9 cm³/mol. The molecule has 4 heteroatoms. The molecule has 1 aliphatic rings. The van der Waals surface area contributed by atoms with Gasteiger partial charge in [-0.1, -0.05) is 24.3 Å². The fourth-order valence-corrected chi connectivity index (χ4v) is 3.42. The normalized spacial score (nSPS) is 14.1. The molecule has 4 nitrogen and oxygen atoms in total. The minimum atomic E-state index is 0.0237. The van der Waals surface area contributed by atoms with Crippen molar-refractivity contribution in [1.82, 2.24) is 9.55 Å². The molecule has 3 aromatic rings. The molecule has 1 aromatic carbocycles. The van der Waals surface area contributed by atoms with Crippen LogP contribution in [0.15, 0.2) is 53.6 Å². The number of pyridine rings is 2. The molecule has 0 atom stereocenters. The summed E-state index contributed by atoms with van der Waals surface area (Å²) in [6.07, 6.45) is 5.67. The maximum Gasteiger partial charge on any atom is 0.191 e. The number of benzene rings is 1. The highest BCUT2D eigenvalue weighted by molar-refractivity contribution is 5.78. The van der Waals surface area contributed by atoms with Crippen LogP contribution in [0.2, 0.25) is 0 Å². The lowest BCUT2D eigenvalue weighted by atomic mass is 10.1. The van der Waals surface area contributed by atoms with Crippen LogP contribution in [0.1, 0.15) is 18.1 Å². The van der Waals surface area contributed by atoms with Crippen LogP contribution in [-0.4, -0.2) is 15.6 Å². The van der Waals surface area contributed by atoms with Crippen LogP contribution in [0.25, 0.3) is 11.0 Å². The summed E-state index contributed by atoms with van der Waals surface area (Å²) < 4.78 is 1.99. The lowest BCUT2D eigenvalue weighted by Gasteiger charge is -2.14. The molecule has 0 aliphatic heterocycles. The van der Waals surface area contributed by atoms with Gasteiger partial charge >= 0.3 is 0 Å². The van der Waals surface area contributed by atoms with E-state index in [4.69, 9.17) is 0 Å². The van der Waals surface area contributed by atoms with Crippen molar-refractivity contribution < 1.29 is 0 Å². The van der Waals surface area contributed by atoms with Crippen LogP contribution >= 0.6 is 0 Å². The molecule has 1 N–H and O–H groups in total. The molecule has 23 heavy (non-hydrogen) atoms. The van der Waals surface area contributed by atoms with E-state index in [0.29, 0.717) is 11.4 Å². The first kappa shape index (κ1) is 14.0. The molecule has 0 amide bonds. The smallest absolute Gasteiger partial charge is 0.191 e. The number of aryl methyl sites for hydroxylation is 1. The van der Waals surface area contributed by atoms with Crippen LogP contribution in [0.3, 0.4) is 0 Å². The van der Waals surface area contributed by atoms with Gasteiger partial charge in [0.05, 0.1) is 17.3 Å². The third-order valence-corrected chi connectivity index (χ3v) is 4.57. The van der Waals surface area contributed by atoms with Crippen molar-refractivity contribution in [3.8, 4) is 0 Å². The molecule has 0 saturated heterocycles. The quantitative estimate of drug-likeness (QED) is 0.809. The molecule has 116 valence electrons. The number of hydrogen-bond acceptors (Lipinski definition) is 3. The number of rotatable bonds is 3. The molecule has 0 radical (unpaired) electrons. The summed E-state index contributed by atoms with van der Waals surface area (Å²) in [4.78, 5) is 16.6. The molecule has 0 bridgehead atoms. The van der Waals surface area contributed by atoms with Gasteiger partial charge < -0.3 is 9.88 Å². The van der Waals surface area contributed by atoms with Gasteiger partial charge in [0.1, 0.15) is 5.65 Å². The SMILES string of the molecule is CCn1ccc(=O)c2cc(NC3Cc4ccccc4C3)cnc21. The number of aromatic nitrogens is 2. The predicted octanol–water partition coefficient (Wildman–Crippen LogP) is 3.00. The van der Waals surface area contributed by atoms with Gasteiger partial charge in [-0.3, -0.25) is 4.79 Å². The average molecular weight is 305 g/mol. The van der Waals surface area contributed by atoms with Crippen molar-refractivity contribution in [3.63, 3.8) is 0 Å². The Morgan fingerprint density at radius 1 is 1.22 bits per heavy atom. The van der Waals surface area contributed by atoms with Gasteiger partial charge in [0.2, 0.25) is 0 Å². The summed E-state index contributed by atoms with van der Waals surface area (Å²) in [5.41, 5.74) is 4.51. The van der Waals surface area contributed by atoms with Gasteiger partial charge in [0.25, 0.3) is 0 Å². The zero-order chi connectivity index (χ0) is 15.8. The van der Waals surface area contributed by atoms with E-state index in [1.165, 1.54) is 11.1 Å². The van der Waals surface area contributed by atoms with Gasteiger partial charge in [-0.25, -0.2) is 4.98 Å². The summed E-state index contributed by atoms with van der Waals surface area (Å²) in [5.74, 6) is 0. The third-order valence-electron chi connectivity index (χ3n) is 4.57. The Balaban J connectivity index is 1.64. The number of fused-ring (bicyclic) bond motifs is 2. The zero-order valence-electron chi connectivity index (χ0n) is 13.1. The summed E-state index contributed by atoms with van der Waals surface area (Å²) >= 11 is 0. The van der Waals surface area contributed by atoms with Crippen LogP contribution in [0.5, 0.6) is 0 Å². The Bertz CT molecular complexity index is 904. The summed E-state index contributed by atoms with van der Waals surface area (Å²) in [7, 11) is 0. The lowest BCUT2D eigenvalue weighted by Crippen LogP contribution is -2.20. The molecular weight excluding hydrogens is 286 g/mol. The molecular formula is C19H19N3O. The second-order valence-corrected chi connectivity index (χ2v) is 6.08. The van der Waals surface area contributed by atoms with Crippen molar-refractivity contribution >= 4 is 16.7 Å². The maximum atomic E-state index is 12.1. The fourth-order valence-electron chi connectivity index (χ4n) is 3.42. The first-order valence-corrected chi connectivity index (χ1v) is 8.07. The fraction of sp³-hybridized carbons (Fsp3) is 0.263. The number of nitrogens with zero attached hydrogens (tertiary/aromatic N) is 2. The highest BCUT2D eigenvalue weighted by Gasteiger charge is 2.20. The number of nitrogens with one attached hydrogen (secondary N) is 1. The molecule has 0 fully saturated rings. The summed E-state index contributed by atoms with van der Waals surface area (Å²) in [6, 6.07) is 12.5. The van der Waals surface area contributed by atoms with E-state index in [2.05, 4.69) is 34.6 Å². The Hall–Kier alpha value is -2.62. The van der Waals surface area contributed by atoms with Crippen LogP contribution < -0.4 is 10.7 Å². The first-order chi connectivity index (χ1) is 11.2. The minimum Gasteiger partial charge on any atom is -0.380 e. The highest BCUT2D eigenvalue weighted by atomic mass is 16.1. The Morgan fingerprint density at radius 3 is 2.65 bits per heavy atom. The van der Waals surface area contributed by atoms with Gasteiger partial charge in [0.15, 0.2) is 5.43 Å². The van der Waals surface area contributed by atoms with Crippen LogP contribution in [0.4, 0.5) is 5.69 Å². The number of hydrogen-bond donors (Lipinski definition) is 1. The van der Waals surface area contributed by atoms with E-state index in [-0.39, 0.29) is 5.43 Å². The van der Waals surface area contributed by atoms with E-state index >= 15 is 0 Å². The minimum absolute atomic E-state index is 0.0237. The van der Waals surface area contributed by atoms with E-state index in [9.17, 15) is 4.79 Å². The average Bonchev–Trinajstić information content (AvgIpc) is 2.98. The van der Waals surface area contributed by atoms with Crippen molar-refractivity contribution in [2.75, 3.05) is 5.32 Å². The lowest BCUT2D eigenvalue weighted by molar-refractivity contribution is 0.769. The van der Waals surface area contributed by atoms with Crippen molar-refractivity contribution in [2.45, 2.75) is 32.4 Å². The summed E-state index contributed by atoms with van der Waals surface area (Å²) in [5, 5.41) is 4.21. The van der Waals surface area contributed by atoms with Crippen LogP contribution in [0, 0.1) is 0 Å². The van der Waals surface area contributed by atoms with E-state index < -0.39 is 0 Å². The standard InChI is InChI=1S/C19H19N3O/c1-2-22-8-7-18(23)17-11-16(12-20-19(17)22)21-15-9-13-5-3-4-6-14(13)10-15/h3-8,11-12,15,21H,2,9-10H2,1H3. The zero-order valence-corrected chi connectivity index (χ0v) is 13.1. The Labute approximate surface area is 134 Å². The molecule has 4 rings (SSSR count). The Morgan fingerprint density at radius 2 is 1.96 bits per heavy atom. The van der Waals surface area contributed by atoms with E-state index in [0.717, 1.165) is 30.7 Å². The van der Waals surface area contributed by atoms with Gasteiger partial charge in [-0.15, -0.1) is 0 Å². The molecule has 2 heterocycles. The van der Waals surface area contributed by atoms with Gasteiger partial charge in [0, 0.05) is 24.8 Å². The maximum absolute atomic E-state index is 12.1. The largest absolute Gasteiger partial charge is 0.380 e. The van der Waals surface area contributed by atoms with Crippen molar-refractivity contribution in [2.24, 2.45) is 0 Å². The second kappa shape index (κ2) is 5.54.